The number of hydrogen-bond donors (Lipinski definition) is 3. The summed E-state index contributed by atoms with van der Waals surface area (Å²) in [6.45, 7) is 2.19. The summed E-state index contributed by atoms with van der Waals surface area (Å²) in [6, 6.07) is 8.43. The third-order valence-electron chi connectivity index (χ3n) is 4.76. The summed E-state index contributed by atoms with van der Waals surface area (Å²) in [5, 5.41) is 15.6. The van der Waals surface area contributed by atoms with Crippen LogP contribution in [0.15, 0.2) is 36.5 Å². The zero-order chi connectivity index (χ0) is 23.0. The Hall–Kier alpha value is -3.63. The van der Waals surface area contributed by atoms with Crippen LogP contribution in [0.2, 0.25) is 10.0 Å². The maximum atomic E-state index is 11.4. The summed E-state index contributed by atoms with van der Waals surface area (Å²) in [7, 11) is 0. The Morgan fingerprint density at radius 2 is 1.94 bits per heavy atom. The van der Waals surface area contributed by atoms with Gasteiger partial charge in [-0.15, -0.1) is 0 Å². The number of halogens is 2. The maximum absolute atomic E-state index is 11.4. The molecule has 0 saturated heterocycles. The molecule has 0 aliphatic rings. The first-order chi connectivity index (χ1) is 15.2. The molecule has 0 spiro atoms. The minimum atomic E-state index is -0.560. The summed E-state index contributed by atoms with van der Waals surface area (Å²) in [5.74, 6) is 0.408. The molecule has 12 heteroatoms. The van der Waals surface area contributed by atoms with Gasteiger partial charge >= 0.3 is 5.69 Å². The van der Waals surface area contributed by atoms with E-state index in [1.807, 2.05) is 19.2 Å². The molecule has 3 heterocycles. The van der Waals surface area contributed by atoms with Gasteiger partial charge in [0.15, 0.2) is 0 Å². The molecule has 5 N–H and O–H groups in total. The molecule has 0 atom stereocenters. The minimum Gasteiger partial charge on any atom is -0.384 e. The van der Waals surface area contributed by atoms with Gasteiger partial charge in [-0.05, 0) is 37.6 Å². The van der Waals surface area contributed by atoms with Crippen molar-refractivity contribution < 1.29 is 4.92 Å². The quantitative estimate of drug-likeness (QED) is 0.279. The maximum Gasteiger partial charge on any atom is 0.314 e. The molecule has 0 radical (unpaired) electrons. The molecule has 1 aromatic carbocycles. The van der Waals surface area contributed by atoms with E-state index in [0.717, 1.165) is 5.69 Å². The second kappa shape index (κ2) is 8.48. The van der Waals surface area contributed by atoms with Gasteiger partial charge in [0.1, 0.15) is 11.5 Å². The van der Waals surface area contributed by atoms with Crippen LogP contribution >= 0.6 is 23.2 Å². The fraction of sp³-hybridized carbons (Fsp3) is 0.150. The number of hydrogen-bond acceptors (Lipinski definition) is 8. The van der Waals surface area contributed by atoms with E-state index in [4.69, 9.17) is 34.7 Å². The lowest BCUT2D eigenvalue weighted by Crippen LogP contribution is -2.13. The van der Waals surface area contributed by atoms with Crippen LogP contribution in [0.4, 0.5) is 23.3 Å². The van der Waals surface area contributed by atoms with E-state index in [9.17, 15) is 10.1 Å². The van der Waals surface area contributed by atoms with Crippen LogP contribution in [0.5, 0.6) is 0 Å². The van der Waals surface area contributed by atoms with Crippen molar-refractivity contribution in [2.45, 2.75) is 13.3 Å². The SMILES string of the molecule is Cc1cn2c(NCCc3cc(N)nc(N)c3[N+](=O)[O-])nc(-c3ccc(Cl)cc3Cl)cc2n1. The van der Waals surface area contributed by atoms with Gasteiger partial charge in [-0.2, -0.15) is 0 Å². The van der Waals surface area contributed by atoms with Gasteiger partial charge in [-0.1, -0.05) is 23.2 Å². The summed E-state index contributed by atoms with van der Waals surface area (Å²) < 4.78 is 1.80. The highest BCUT2D eigenvalue weighted by molar-refractivity contribution is 6.36. The third-order valence-corrected chi connectivity index (χ3v) is 5.31. The van der Waals surface area contributed by atoms with Gasteiger partial charge in [0.2, 0.25) is 11.8 Å². The molecular weight excluding hydrogens is 455 g/mol. The van der Waals surface area contributed by atoms with Crippen molar-refractivity contribution in [2.75, 3.05) is 23.3 Å². The molecule has 0 saturated carbocycles. The average Bonchev–Trinajstić information content (AvgIpc) is 3.07. The molecule has 32 heavy (non-hydrogen) atoms. The first-order valence-corrected chi connectivity index (χ1v) is 10.2. The largest absolute Gasteiger partial charge is 0.384 e. The van der Waals surface area contributed by atoms with E-state index < -0.39 is 4.92 Å². The number of aryl methyl sites for hydroxylation is 1. The standard InChI is InChI=1S/C20H18Cl2N8O2/c1-10-9-29-17(26-10)8-15(13-3-2-12(21)7-14(13)22)27-20(29)25-5-4-11-6-16(23)28-19(24)18(11)30(31)32/h2-3,6-9H,4-5H2,1H3,(H,25,27)(H4,23,24,28). The number of nitro groups is 1. The first kappa shape index (κ1) is 21.6. The molecule has 0 fully saturated rings. The van der Waals surface area contributed by atoms with Crippen LogP contribution in [-0.2, 0) is 6.42 Å². The van der Waals surface area contributed by atoms with Crippen LogP contribution in [-0.4, -0.2) is 30.8 Å². The summed E-state index contributed by atoms with van der Waals surface area (Å²) >= 11 is 12.4. The smallest absolute Gasteiger partial charge is 0.314 e. The topological polar surface area (TPSA) is 150 Å². The average molecular weight is 473 g/mol. The lowest BCUT2D eigenvalue weighted by molar-refractivity contribution is -0.384. The van der Waals surface area contributed by atoms with E-state index in [2.05, 4.69) is 20.3 Å². The Morgan fingerprint density at radius 1 is 1.16 bits per heavy atom. The van der Waals surface area contributed by atoms with Crippen LogP contribution in [0.3, 0.4) is 0 Å². The number of fused-ring (bicyclic) bond motifs is 1. The van der Waals surface area contributed by atoms with Crippen LogP contribution in [0.1, 0.15) is 11.3 Å². The van der Waals surface area contributed by atoms with Crippen LogP contribution in [0.25, 0.3) is 16.9 Å². The highest BCUT2D eigenvalue weighted by Gasteiger charge is 2.20. The van der Waals surface area contributed by atoms with E-state index in [0.29, 0.717) is 45.0 Å². The molecule has 0 amide bonds. The lowest BCUT2D eigenvalue weighted by Gasteiger charge is -2.12. The number of aromatic nitrogens is 4. The number of pyridine rings is 1. The number of rotatable bonds is 6. The van der Waals surface area contributed by atoms with Crippen molar-refractivity contribution in [1.29, 1.82) is 0 Å². The highest BCUT2D eigenvalue weighted by Crippen LogP contribution is 2.31. The van der Waals surface area contributed by atoms with Crippen molar-refractivity contribution in [3.8, 4) is 11.3 Å². The molecular formula is C20H18Cl2N8O2. The van der Waals surface area contributed by atoms with Gasteiger partial charge < -0.3 is 16.8 Å². The van der Waals surface area contributed by atoms with E-state index in [-0.39, 0.29) is 23.7 Å². The molecule has 3 aromatic heterocycles. The molecule has 0 unspecified atom stereocenters. The Labute approximate surface area is 192 Å². The molecule has 10 nitrogen and oxygen atoms in total. The van der Waals surface area contributed by atoms with Gasteiger partial charge in [0, 0.05) is 35.0 Å². The second-order valence-electron chi connectivity index (χ2n) is 7.07. The second-order valence-corrected chi connectivity index (χ2v) is 7.92. The summed E-state index contributed by atoms with van der Waals surface area (Å²) in [6.07, 6.45) is 2.11. The van der Waals surface area contributed by atoms with E-state index in [1.54, 1.807) is 22.6 Å². The zero-order valence-corrected chi connectivity index (χ0v) is 18.4. The van der Waals surface area contributed by atoms with Gasteiger partial charge in [0.25, 0.3) is 0 Å². The predicted octanol–water partition coefficient (Wildman–Crippen LogP) is 4.13. The Kier molecular flexibility index (Phi) is 5.72. The Balaban J connectivity index is 1.67. The summed E-state index contributed by atoms with van der Waals surface area (Å²) in [4.78, 5) is 23.8. The van der Waals surface area contributed by atoms with E-state index >= 15 is 0 Å². The zero-order valence-electron chi connectivity index (χ0n) is 16.8. The number of benzene rings is 1. The number of nitrogens with two attached hydrogens (primary N) is 2. The van der Waals surface area contributed by atoms with Gasteiger partial charge in [-0.25, -0.2) is 15.0 Å². The van der Waals surface area contributed by atoms with Crippen molar-refractivity contribution in [3.63, 3.8) is 0 Å². The Bertz CT molecular complexity index is 1360. The third kappa shape index (κ3) is 4.23. The fourth-order valence-corrected chi connectivity index (χ4v) is 3.92. The number of nitrogen functional groups attached to an aromatic ring is 2. The molecule has 0 aliphatic heterocycles. The number of nitrogens with one attached hydrogen (secondary N) is 1. The van der Waals surface area contributed by atoms with Crippen molar-refractivity contribution in [1.82, 2.24) is 19.4 Å². The van der Waals surface area contributed by atoms with Crippen molar-refractivity contribution in [2.24, 2.45) is 0 Å². The van der Waals surface area contributed by atoms with E-state index in [1.165, 1.54) is 6.07 Å². The van der Waals surface area contributed by atoms with Gasteiger partial charge in [-0.3, -0.25) is 14.5 Å². The molecule has 0 aliphatic carbocycles. The highest BCUT2D eigenvalue weighted by atomic mass is 35.5. The first-order valence-electron chi connectivity index (χ1n) is 9.48. The fourth-order valence-electron chi connectivity index (χ4n) is 3.42. The lowest BCUT2D eigenvalue weighted by atomic mass is 10.1. The monoisotopic (exact) mass is 472 g/mol. The molecule has 4 rings (SSSR count). The molecule has 0 bridgehead atoms. The number of imidazole rings is 1. The number of nitrogens with zero attached hydrogens (tertiary/aromatic N) is 5. The van der Waals surface area contributed by atoms with Crippen molar-refractivity contribution in [3.05, 3.63) is 67.9 Å². The predicted molar refractivity (Wildman–Crippen MR) is 125 cm³/mol. The Morgan fingerprint density at radius 3 is 2.66 bits per heavy atom. The molecule has 164 valence electrons. The van der Waals surface area contributed by atoms with Gasteiger partial charge in [0.05, 0.1) is 21.3 Å². The van der Waals surface area contributed by atoms with Crippen LogP contribution < -0.4 is 16.8 Å². The minimum absolute atomic E-state index is 0.119. The normalized spacial score (nSPS) is 11.1. The molecule has 4 aromatic rings. The summed E-state index contributed by atoms with van der Waals surface area (Å²) in [5.41, 5.74) is 14.3. The number of anilines is 3. The van der Waals surface area contributed by atoms with Crippen molar-refractivity contribution >= 4 is 52.1 Å². The van der Waals surface area contributed by atoms with Crippen LogP contribution in [0, 0.1) is 17.0 Å².